The number of halogens is 1. The first kappa shape index (κ1) is 17.6. The molecule has 2 amide bonds. The van der Waals surface area contributed by atoms with Gasteiger partial charge in [0.1, 0.15) is 0 Å². The number of benzene rings is 1. The highest BCUT2D eigenvalue weighted by Gasteiger charge is 2.13. The zero-order chi connectivity index (χ0) is 16.7. The minimum atomic E-state index is -0.416. The van der Waals surface area contributed by atoms with Crippen LogP contribution in [0.5, 0.6) is 0 Å². The number of nitrogens with one attached hydrogen (secondary N) is 2. The van der Waals surface area contributed by atoms with Gasteiger partial charge in [0, 0.05) is 12.0 Å². The Morgan fingerprint density at radius 2 is 2.00 bits per heavy atom. The number of para-hydroxylation sites is 1. The molecule has 0 aliphatic carbocycles. The Morgan fingerprint density at radius 1 is 1.22 bits per heavy atom. The summed E-state index contributed by atoms with van der Waals surface area (Å²) in [5.41, 5.74) is 1.06. The molecule has 0 fully saturated rings. The van der Waals surface area contributed by atoms with Crippen LogP contribution in [0.4, 0.5) is 15.6 Å². The van der Waals surface area contributed by atoms with Crippen LogP contribution in [0.3, 0.4) is 0 Å². The van der Waals surface area contributed by atoms with E-state index in [0.717, 1.165) is 23.0 Å². The monoisotopic (exact) mass is 395 g/mol. The van der Waals surface area contributed by atoms with Crippen molar-refractivity contribution in [2.24, 2.45) is 0 Å². The SMILES string of the molecule is CCCCCC(=O)c1ccccc1NC(=O)Nc1ncc(Br)s1. The minimum Gasteiger partial charge on any atom is -0.307 e. The van der Waals surface area contributed by atoms with E-state index < -0.39 is 6.03 Å². The van der Waals surface area contributed by atoms with Crippen LogP contribution < -0.4 is 10.6 Å². The molecule has 0 saturated carbocycles. The molecule has 0 atom stereocenters. The molecule has 0 radical (unpaired) electrons. The molecule has 7 heteroatoms. The second-order valence-corrected chi connectivity index (χ2v) is 7.38. The molecular formula is C16H18BrN3O2S. The maximum atomic E-state index is 12.3. The van der Waals surface area contributed by atoms with Crippen molar-refractivity contribution in [3.05, 3.63) is 39.8 Å². The number of nitrogens with zero attached hydrogens (tertiary/aromatic N) is 1. The number of rotatable bonds is 7. The molecule has 0 aliphatic heterocycles. The van der Waals surface area contributed by atoms with E-state index in [4.69, 9.17) is 0 Å². The number of carbonyl (C=O) groups excluding carboxylic acids is 2. The van der Waals surface area contributed by atoms with Gasteiger partial charge in [-0.1, -0.05) is 43.2 Å². The van der Waals surface area contributed by atoms with E-state index in [1.165, 1.54) is 11.3 Å². The number of hydrogen-bond acceptors (Lipinski definition) is 4. The Balaban J connectivity index is 2.01. The maximum Gasteiger partial charge on any atom is 0.325 e. The summed E-state index contributed by atoms with van der Waals surface area (Å²) < 4.78 is 0.833. The Morgan fingerprint density at radius 3 is 2.70 bits per heavy atom. The van der Waals surface area contributed by atoms with Gasteiger partial charge in [-0.3, -0.25) is 10.1 Å². The zero-order valence-electron chi connectivity index (χ0n) is 12.8. The third-order valence-electron chi connectivity index (χ3n) is 3.18. The Bertz CT molecular complexity index is 687. The number of amides is 2. The van der Waals surface area contributed by atoms with Crippen LogP contribution in [-0.2, 0) is 0 Å². The number of carbonyl (C=O) groups is 2. The number of thiazole rings is 1. The number of aromatic nitrogens is 1. The number of anilines is 2. The first-order chi connectivity index (χ1) is 11.1. The number of ketones is 1. The fourth-order valence-electron chi connectivity index (χ4n) is 2.07. The van der Waals surface area contributed by atoms with E-state index in [9.17, 15) is 9.59 Å². The molecular weight excluding hydrogens is 378 g/mol. The molecule has 2 aromatic rings. The second-order valence-electron chi connectivity index (χ2n) is 4.97. The summed E-state index contributed by atoms with van der Waals surface area (Å²) in [6, 6.07) is 6.64. The molecule has 0 unspecified atom stereocenters. The average molecular weight is 396 g/mol. The van der Waals surface area contributed by atoms with Crippen LogP contribution in [0.25, 0.3) is 0 Å². The lowest BCUT2D eigenvalue weighted by Gasteiger charge is -2.10. The quantitative estimate of drug-likeness (QED) is 0.492. The van der Waals surface area contributed by atoms with Gasteiger partial charge in [-0.15, -0.1) is 0 Å². The highest BCUT2D eigenvalue weighted by molar-refractivity contribution is 9.11. The lowest BCUT2D eigenvalue weighted by atomic mass is 10.0. The van der Waals surface area contributed by atoms with Crippen LogP contribution in [-0.4, -0.2) is 16.8 Å². The van der Waals surface area contributed by atoms with Crippen molar-refractivity contribution in [3.63, 3.8) is 0 Å². The van der Waals surface area contributed by atoms with Crippen LogP contribution in [0.15, 0.2) is 34.2 Å². The fourth-order valence-corrected chi connectivity index (χ4v) is 3.17. The van der Waals surface area contributed by atoms with E-state index in [2.05, 4.69) is 38.5 Å². The first-order valence-electron chi connectivity index (χ1n) is 7.41. The van der Waals surface area contributed by atoms with Crippen LogP contribution in [0.1, 0.15) is 43.0 Å². The Hall–Kier alpha value is -1.73. The molecule has 0 saturated heterocycles. The highest BCUT2D eigenvalue weighted by Crippen LogP contribution is 2.24. The lowest BCUT2D eigenvalue weighted by molar-refractivity contribution is 0.0980. The number of hydrogen-bond donors (Lipinski definition) is 2. The van der Waals surface area contributed by atoms with Crippen molar-refractivity contribution in [2.75, 3.05) is 10.6 Å². The predicted octanol–water partition coefficient (Wildman–Crippen LogP) is 5.31. The molecule has 23 heavy (non-hydrogen) atoms. The van der Waals surface area contributed by atoms with Crippen molar-refractivity contribution in [1.29, 1.82) is 0 Å². The Labute approximate surface area is 147 Å². The molecule has 0 aliphatic rings. The second kappa shape index (κ2) is 8.79. The van der Waals surface area contributed by atoms with Crippen molar-refractivity contribution < 1.29 is 9.59 Å². The molecule has 1 heterocycles. The third-order valence-corrected chi connectivity index (χ3v) is 4.57. The van der Waals surface area contributed by atoms with Gasteiger partial charge < -0.3 is 5.32 Å². The number of urea groups is 1. The van der Waals surface area contributed by atoms with Gasteiger partial charge >= 0.3 is 6.03 Å². The van der Waals surface area contributed by atoms with Crippen LogP contribution in [0, 0.1) is 0 Å². The van der Waals surface area contributed by atoms with Gasteiger partial charge in [0.25, 0.3) is 0 Å². The molecule has 1 aromatic heterocycles. The van der Waals surface area contributed by atoms with Gasteiger partial charge in [0.2, 0.25) is 0 Å². The van der Waals surface area contributed by atoms with Crippen LogP contribution >= 0.6 is 27.3 Å². The summed E-state index contributed by atoms with van der Waals surface area (Å²) in [7, 11) is 0. The summed E-state index contributed by atoms with van der Waals surface area (Å²) in [6.45, 7) is 2.10. The minimum absolute atomic E-state index is 0.0475. The van der Waals surface area contributed by atoms with Crippen molar-refractivity contribution in [3.8, 4) is 0 Å². The summed E-state index contributed by atoms with van der Waals surface area (Å²) in [4.78, 5) is 28.4. The summed E-state index contributed by atoms with van der Waals surface area (Å²) in [5, 5.41) is 5.85. The molecule has 5 nitrogen and oxygen atoms in total. The summed E-state index contributed by atoms with van der Waals surface area (Å²) in [5.74, 6) is 0.0475. The van der Waals surface area contributed by atoms with Crippen LogP contribution in [0.2, 0.25) is 0 Å². The molecule has 2 rings (SSSR count). The molecule has 122 valence electrons. The lowest BCUT2D eigenvalue weighted by Crippen LogP contribution is -2.20. The zero-order valence-corrected chi connectivity index (χ0v) is 15.2. The van der Waals surface area contributed by atoms with Gasteiger partial charge in [-0.25, -0.2) is 9.78 Å². The first-order valence-corrected chi connectivity index (χ1v) is 9.02. The van der Waals surface area contributed by atoms with E-state index in [0.29, 0.717) is 22.8 Å². The highest BCUT2D eigenvalue weighted by atomic mass is 79.9. The maximum absolute atomic E-state index is 12.3. The topological polar surface area (TPSA) is 71.1 Å². The molecule has 0 bridgehead atoms. The molecule has 1 aromatic carbocycles. The smallest absolute Gasteiger partial charge is 0.307 e. The molecule has 2 N–H and O–H groups in total. The Kier molecular flexibility index (Phi) is 6.73. The largest absolute Gasteiger partial charge is 0.325 e. The number of unbranched alkanes of at least 4 members (excludes halogenated alkanes) is 2. The van der Waals surface area contributed by atoms with E-state index in [-0.39, 0.29) is 5.78 Å². The third kappa shape index (κ3) is 5.44. The van der Waals surface area contributed by atoms with Gasteiger partial charge in [-0.2, -0.15) is 0 Å². The standard InChI is InChI=1S/C16H18BrN3O2S/c1-2-3-4-9-13(21)11-7-5-6-8-12(11)19-15(22)20-16-18-10-14(17)23-16/h5-8,10H,2-4,9H2,1H3,(H2,18,19,20,22). The van der Waals surface area contributed by atoms with Crippen molar-refractivity contribution in [2.45, 2.75) is 32.6 Å². The number of Topliss-reactive ketones (excluding diaryl/α,β-unsaturated/α-hetero) is 1. The van der Waals surface area contributed by atoms with E-state index in [1.807, 2.05) is 0 Å². The predicted molar refractivity (Wildman–Crippen MR) is 97.4 cm³/mol. The fraction of sp³-hybridized carbons (Fsp3) is 0.312. The average Bonchev–Trinajstić information content (AvgIpc) is 2.92. The van der Waals surface area contributed by atoms with E-state index in [1.54, 1.807) is 30.5 Å². The summed E-state index contributed by atoms with van der Waals surface area (Å²) >= 11 is 4.61. The van der Waals surface area contributed by atoms with Gasteiger partial charge in [0.15, 0.2) is 10.9 Å². The molecule has 0 spiro atoms. The van der Waals surface area contributed by atoms with Crippen molar-refractivity contribution >= 4 is 49.9 Å². The van der Waals surface area contributed by atoms with Gasteiger partial charge in [-0.05, 0) is 34.5 Å². The van der Waals surface area contributed by atoms with E-state index >= 15 is 0 Å². The van der Waals surface area contributed by atoms with Gasteiger partial charge in [0.05, 0.1) is 15.7 Å². The van der Waals surface area contributed by atoms with Crippen molar-refractivity contribution in [1.82, 2.24) is 4.98 Å². The summed E-state index contributed by atoms with van der Waals surface area (Å²) in [6.07, 6.45) is 5.07. The normalized spacial score (nSPS) is 10.3.